The lowest BCUT2D eigenvalue weighted by Gasteiger charge is -2.15. The van der Waals surface area contributed by atoms with Crippen LogP contribution in [0.15, 0.2) is 48.5 Å². The van der Waals surface area contributed by atoms with Crippen molar-refractivity contribution in [3.05, 3.63) is 65.2 Å². The molecule has 3 heteroatoms. The van der Waals surface area contributed by atoms with Gasteiger partial charge in [0, 0.05) is 0 Å². The maximum absolute atomic E-state index is 11.9. The van der Waals surface area contributed by atoms with Gasteiger partial charge in [0.05, 0.1) is 6.04 Å². The van der Waals surface area contributed by atoms with Crippen LogP contribution in [0.1, 0.15) is 29.7 Å². The van der Waals surface area contributed by atoms with E-state index in [4.69, 9.17) is 4.74 Å². The third-order valence-electron chi connectivity index (χ3n) is 3.37. The molecule has 21 heavy (non-hydrogen) atoms. The van der Waals surface area contributed by atoms with E-state index in [0.717, 1.165) is 16.9 Å². The standard InChI is InChI=1S/C18H21NO2/c1-13-9-10-17(14(2)11-13)21-12-18(20)19-15(3)16-7-5-4-6-8-16/h4-11,15H,12H2,1-3H3,(H,19,20). The fourth-order valence-corrected chi connectivity index (χ4v) is 2.21. The van der Waals surface area contributed by atoms with Crippen LogP contribution >= 0.6 is 0 Å². The van der Waals surface area contributed by atoms with E-state index < -0.39 is 0 Å². The first-order valence-corrected chi connectivity index (χ1v) is 7.10. The molecule has 2 rings (SSSR count). The van der Waals surface area contributed by atoms with E-state index in [1.165, 1.54) is 5.56 Å². The molecule has 1 atom stereocenters. The second-order valence-corrected chi connectivity index (χ2v) is 5.26. The Morgan fingerprint density at radius 2 is 1.86 bits per heavy atom. The quantitative estimate of drug-likeness (QED) is 0.911. The van der Waals surface area contributed by atoms with Gasteiger partial charge in [-0.05, 0) is 38.0 Å². The minimum absolute atomic E-state index is 0.0265. The van der Waals surface area contributed by atoms with Crippen molar-refractivity contribution < 1.29 is 9.53 Å². The van der Waals surface area contributed by atoms with E-state index in [2.05, 4.69) is 5.32 Å². The van der Waals surface area contributed by atoms with Crippen molar-refractivity contribution in [2.75, 3.05) is 6.61 Å². The van der Waals surface area contributed by atoms with Crippen LogP contribution in [0, 0.1) is 13.8 Å². The van der Waals surface area contributed by atoms with Crippen LogP contribution in [0.25, 0.3) is 0 Å². The van der Waals surface area contributed by atoms with Gasteiger partial charge in [-0.2, -0.15) is 0 Å². The Balaban J connectivity index is 1.87. The largest absolute Gasteiger partial charge is 0.484 e. The zero-order chi connectivity index (χ0) is 15.2. The summed E-state index contributed by atoms with van der Waals surface area (Å²) in [5.41, 5.74) is 3.30. The molecule has 2 aromatic rings. The van der Waals surface area contributed by atoms with Gasteiger partial charge in [-0.25, -0.2) is 0 Å². The minimum atomic E-state index is -0.119. The number of ether oxygens (including phenoxy) is 1. The molecule has 110 valence electrons. The highest BCUT2D eigenvalue weighted by molar-refractivity contribution is 5.78. The first-order chi connectivity index (χ1) is 10.1. The third-order valence-corrected chi connectivity index (χ3v) is 3.37. The second kappa shape index (κ2) is 6.93. The molecule has 1 amide bonds. The van der Waals surface area contributed by atoms with Gasteiger partial charge in [0.15, 0.2) is 6.61 Å². The molecule has 0 aliphatic rings. The SMILES string of the molecule is Cc1ccc(OCC(=O)NC(C)c2ccccc2)c(C)c1. The summed E-state index contributed by atoms with van der Waals surface area (Å²) in [5.74, 6) is 0.634. The molecule has 0 saturated heterocycles. The van der Waals surface area contributed by atoms with Crippen molar-refractivity contribution in [3.63, 3.8) is 0 Å². The molecule has 1 unspecified atom stereocenters. The Morgan fingerprint density at radius 1 is 1.14 bits per heavy atom. The van der Waals surface area contributed by atoms with Crippen molar-refractivity contribution in [1.82, 2.24) is 5.32 Å². The summed E-state index contributed by atoms with van der Waals surface area (Å²) in [7, 11) is 0. The van der Waals surface area contributed by atoms with Gasteiger partial charge in [0.1, 0.15) is 5.75 Å². The van der Waals surface area contributed by atoms with E-state index in [1.54, 1.807) is 0 Å². The number of amides is 1. The molecule has 0 spiro atoms. The summed E-state index contributed by atoms with van der Waals surface area (Å²) in [4.78, 5) is 11.9. The van der Waals surface area contributed by atoms with Gasteiger partial charge in [-0.3, -0.25) is 4.79 Å². The lowest BCUT2D eigenvalue weighted by atomic mass is 10.1. The van der Waals surface area contributed by atoms with E-state index in [1.807, 2.05) is 69.3 Å². The topological polar surface area (TPSA) is 38.3 Å². The lowest BCUT2D eigenvalue weighted by Crippen LogP contribution is -2.31. The number of carbonyl (C=O) groups excluding carboxylic acids is 1. The van der Waals surface area contributed by atoms with Crippen LogP contribution in [-0.4, -0.2) is 12.5 Å². The number of hydrogen-bond donors (Lipinski definition) is 1. The highest BCUT2D eigenvalue weighted by atomic mass is 16.5. The summed E-state index contributed by atoms with van der Waals surface area (Å²) in [5, 5.41) is 2.93. The van der Waals surface area contributed by atoms with E-state index >= 15 is 0 Å². The Bertz CT molecular complexity index is 608. The van der Waals surface area contributed by atoms with Gasteiger partial charge in [-0.1, -0.05) is 48.0 Å². The minimum Gasteiger partial charge on any atom is -0.484 e. The van der Waals surface area contributed by atoms with E-state index in [9.17, 15) is 4.79 Å². The Kier molecular flexibility index (Phi) is 4.99. The summed E-state index contributed by atoms with van der Waals surface area (Å²) in [6, 6.07) is 15.8. The number of benzene rings is 2. The van der Waals surface area contributed by atoms with Crippen LogP contribution in [-0.2, 0) is 4.79 Å². The predicted molar refractivity (Wildman–Crippen MR) is 84.4 cm³/mol. The Morgan fingerprint density at radius 3 is 2.52 bits per heavy atom. The van der Waals surface area contributed by atoms with Gasteiger partial charge < -0.3 is 10.1 Å². The average molecular weight is 283 g/mol. The molecule has 0 aliphatic heterocycles. The number of aryl methyl sites for hydroxylation is 2. The van der Waals surface area contributed by atoms with Gasteiger partial charge >= 0.3 is 0 Å². The molecule has 2 aromatic carbocycles. The molecule has 0 fully saturated rings. The highest BCUT2D eigenvalue weighted by Crippen LogP contribution is 2.18. The maximum Gasteiger partial charge on any atom is 0.258 e. The third kappa shape index (κ3) is 4.35. The van der Waals surface area contributed by atoms with Crippen LogP contribution in [0.3, 0.4) is 0 Å². The summed E-state index contributed by atoms with van der Waals surface area (Å²) in [6.45, 7) is 6.00. The monoisotopic (exact) mass is 283 g/mol. The molecule has 0 aliphatic carbocycles. The molecular weight excluding hydrogens is 262 g/mol. The Hall–Kier alpha value is -2.29. The fraction of sp³-hybridized carbons (Fsp3) is 0.278. The second-order valence-electron chi connectivity index (χ2n) is 5.26. The van der Waals surface area contributed by atoms with Crippen LogP contribution < -0.4 is 10.1 Å². The number of rotatable bonds is 5. The summed E-state index contributed by atoms with van der Waals surface area (Å²) >= 11 is 0. The molecule has 3 nitrogen and oxygen atoms in total. The highest BCUT2D eigenvalue weighted by Gasteiger charge is 2.10. The molecule has 0 radical (unpaired) electrons. The number of nitrogens with one attached hydrogen (secondary N) is 1. The molecular formula is C18H21NO2. The molecule has 0 bridgehead atoms. The molecule has 1 N–H and O–H groups in total. The zero-order valence-corrected chi connectivity index (χ0v) is 12.7. The van der Waals surface area contributed by atoms with Crippen LogP contribution in [0.4, 0.5) is 0 Å². The predicted octanol–water partition coefficient (Wildman–Crippen LogP) is 3.56. The van der Waals surface area contributed by atoms with Crippen LogP contribution in [0.2, 0.25) is 0 Å². The average Bonchev–Trinajstić information content (AvgIpc) is 2.47. The number of hydrogen-bond acceptors (Lipinski definition) is 2. The number of carbonyl (C=O) groups is 1. The van der Waals surface area contributed by atoms with Crippen molar-refractivity contribution in [1.29, 1.82) is 0 Å². The van der Waals surface area contributed by atoms with Crippen molar-refractivity contribution >= 4 is 5.91 Å². The van der Waals surface area contributed by atoms with Crippen molar-refractivity contribution in [3.8, 4) is 5.75 Å². The molecule has 0 aromatic heterocycles. The van der Waals surface area contributed by atoms with Gasteiger partial charge in [-0.15, -0.1) is 0 Å². The molecule has 0 saturated carbocycles. The lowest BCUT2D eigenvalue weighted by molar-refractivity contribution is -0.123. The summed E-state index contributed by atoms with van der Waals surface area (Å²) < 4.78 is 5.58. The Labute approximate surface area is 126 Å². The van der Waals surface area contributed by atoms with E-state index in [-0.39, 0.29) is 18.6 Å². The maximum atomic E-state index is 11.9. The fourth-order valence-electron chi connectivity index (χ4n) is 2.21. The first kappa shape index (κ1) is 15.1. The van der Waals surface area contributed by atoms with Crippen LogP contribution in [0.5, 0.6) is 5.75 Å². The normalized spacial score (nSPS) is 11.8. The molecule has 0 heterocycles. The smallest absolute Gasteiger partial charge is 0.258 e. The van der Waals surface area contributed by atoms with Gasteiger partial charge in [0.2, 0.25) is 0 Å². The summed E-state index contributed by atoms with van der Waals surface area (Å²) in [6.07, 6.45) is 0. The van der Waals surface area contributed by atoms with Crippen molar-refractivity contribution in [2.45, 2.75) is 26.8 Å². The first-order valence-electron chi connectivity index (χ1n) is 7.10. The van der Waals surface area contributed by atoms with Crippen molar-refractivity contribution in [2.24, 2.45) is 0 Å². The zero-order valence-electron chi connectivity index (χ0n) is 12.7. The van der Waals surface area contributed by atoms with Gasteiger partial charge in [0.25, 0.3) is 5.91 Å². The van der Waals surface area contributed by atoms with E-state index in [0.29, 0.717) is 0 Å².